The van der Waals surface area contributed by atoms with Crippen molar-refractivity contribution in [2.24, 2.45) is 0 Å². The lowest BCUT2D eigenvalue weighted by Gasteiger charge is -2.13. The molecule has 0 heterocycles. The maximum Gasteiger partial charge on any atom is 0.252 e. The van der Waals surface area contributed by atoms with Gasteiger partial charge in [0, 0.05) is 12.6 Å². The predicted molar refractivity (Wildman–Crippen MR) is 81.4 cm³/mol. The van der Waals surface area contributed by atoms with Gasteiger partial charge in [-0.3, -0.25) is 4.79 Å². The van der Waals surface area contributed by atoms with Crippen LogP contribution in [0.1, 0.15) is 15.9 Å². The molecule has 24 heavy (non-hydrogen) atoms. The summed E-state index contributed by atoms with van der Waals surface area (Å²) in [6, 6.07) is 11.2. The number of ether oxygens (including phenoxy) is 1. The molecule has 1 atom stereocenters. The topological polar surface area (TPSA) is 82.4 Å². The van der Waals surface area contributed by atoms with Crippen LogP contribution in [-0.4, -0.2) is 30.3 Å². The second-order valence-corrected chi connectivity index (χ2v) is 4.91. The van der Waals surface area contributed by atoms with Crippen molar-refractivity contribution in [2.45, 2.75) is 6.10 Å². The van der Waals surface area contributed by atoms with Gasteiger partial charge in [0.05, 0.1) is 17.2 Å². The van der Waals surface area contributed by atoms with Gasteiger partial charge in [-0.05, 0) is 24.3 Å². The minimum absolute atomic E-state index is 0.0640. The Kier molecular flexibility index (Phi) is 5.82. The Balaban J connectivity index is 1.84. The average Bonchev–Trinajstić information content (AvgIpc) is 2.60. The highest BCUT2D eigenvalue weighted by Crippen LogP contribution is 2.15. The summed E-state index contributed by atoms with van der Waals surface area (Å²) in [5.41, 5.74) is 0.427. The molecule has 0 radical (unpaired) electrons. The highest BCUT2D eigenvalue weighted by molar-refractivity contribution is 5.96. The van der Waals surface area contributed by atoms with E-state index in [9.17, 15) is 18.7 Å². The van der Waals surface area contributed by atoms with Crippen molar-refractivity contribution < 1.29 is 23.4 Å². The number of aliphatic hydroxyl groups excluding tert-OH is 1. The number of nitrogens with one attached hydrogen (secondary N) is 1. The number of carbonyl (C=O) groups is 1. The van der Waals surface area contributed by atoms with Crippen molar-refractivity contribution in [1.29, 1.82) is 5.26 Å². The van der Waals surface area contributed by atoms with Gasteiger partial charge in [-0.15, -0.1) is 0 Å². The van der Waals surface area contributed by atoms with Gasteiger partial charge in [0.15, 0.2) is 11.6 Å². The molecule has 0 saturated carbocycles. The molecule has 2 aromatic carbocycles. The lowest BCUT2D eigenvalue weighted by molar-refractivity contribution is 0.0843. The molecule has 0 aliphatic heterocycles. The summed E-state index contributed by atoms with van der Waals surface area (Å²) in [6.07, 6.45) is -1.06. The van der Waals surface area contributed by atoms with Gasteiger partial charge in [0.2, 0.25) is 0 Å². The lowest BCUT2D eigenvalue weighted by Crippen LogP contribution is -2.35. The average molecular weight is 332 g/mol. The van der Waals surface area contributed by atoms with E-state index in [2.05, 4.69) is 5.32 Å². The summed E-state index contributed by atoms with van der Waals surface area (Å²) in [6.45, 7) is -0.340. The van der Waals surface area contributed by atoms with Gasteiger partial charge in [0.25, 0.3) is 5.91 Å². The molecule has 124 valence electrons. The van der Waals surface area contributed by atoms with Crippen LogP contribution in [0.25, 0.3) is 0 Å². The van der Waals surface area contributed by atoms with Crippen molar-refractivity contribution in [2.75, 3.05) is 13.2 Å². The summed E-state index contributed by atoms with van der Waals surface area (Å²) in [7, 11) is 0. The molecule has 2 aromatic rings. The van der Waals surface area contributed by atoms with Crippen LogP contribution in [0.15, 0.2) is 42.5 Å². The first kappa shape index (κ1) is 17.4. The van der Waals surface area contributed by atoms with Gasteiger partial charge < -0.3 is 15.2 Å². The highest BCUT2D eigenvalue weighted by Gasteiger charge is 2.13. The molecule has 2 rings (SSSR count). The van der Waals surface area contributed by atoms with Crippen LogP contribution in [0.5, 0.6) is 5.75 Å². The van der Waals surface area contributed by atoms with Crippen LogP contribution in [0.4, 0.5) is 8.78 Å². The van der Waals surface area contributed by atoms with Crippen molar-refractivity contribution in [3.05, 3.63) is 65.2 Å². The van der Waals surface area contributed by atoms with E-state index in [0.717, 1.165) is 12.1 Å². The minimum Gasteiger partial charge on any atom is -0.491 e. The van der Waals surface area contributed by atoms with E-state index in [1.165, 1.54) is 18.2 Å². The fraction of sp³-hybridized carbons (Fsp3) is 0.176. The third kappa shape index (κ3) is 4.51. The molecule has 1 amide bonds. The van der Waals surface area contributed by atoms with Crippen LogP contribution in [0, 0.1) is 23.0 Å². The Labute approximate surface area is 137 Å². The lowest BCUT2D eigenvalue weighted by atomic mass is 10.1. The zero-order valence-electron chi connectivity index (χ0n) is 12.5. The molecule has 0 aromatic heterocycles. The molecule has 0 spiro atoms. The summed E-state index contributed by atoms with van der Waals surface area (Å²) < 4.78 is 30.9. The van der Waals surface area contributed by atoms with Crippen LogP contribution in [0.2, 0.25) is 0 Å². The predicted octanol–water partition coefficient (Wildman–Crippen LogP) is 2.01. The summed E-state index contributed by atoms with van der Waals surface area (Å²) in [5.74, 6) is -2.48. The smallest absolute Gasteiger partial charge is 0.252 e. The van der Waals surface area contributed by atoms with E-state index >= 15 is 0 Å². The normalized spacial score (nSPS) is 11.4. The zero-order chi connectivity index (χ0) is 17.5. The second-order valence-electron chi connectivity index (χ2n) is 4.91. The van der Waals surface area contributed by atoms with Crippen LogP contribution < -0.4 is 10.1 Å². The maximum absolute atomic E-state index is 13.0. The Morgan fingerprint density at radius 3 is 2.71 bits per heavy atom. The number of aliphatic hydroxyl groups is 1. The number of nitriles is 1. The van der Waals surface area contributed by atoms with Crippen molar-refractivity contribution in [3.8, 4) is 11.8 Å². The Hall–Kier alpha value is -2.98. The Bertz CT molecular complexity index is 775. The number of benzene rings is 2. The number of halogens is 2. The molecule has 5 nitrogen and oxygen atoms in total. The molecular formula is C17H14F2N2O3. The minimum atomic E-state index is -1.06. The number of hydrogen-bond donors (Lipinski definition) is 2. The van der Waals surface area contributed by atoms with E-state index in [0.29, 0.717) is 0 Å². The highest BCUT2D eigenvalue weighted by atomic mass is 19.2. The van der Waals surface area contributed by atoms with Crippen LogP contribution in [-0.2, 0) is 0 Å². The second kappa shape index (κ2) is 8.04. The molecule has 7 heteroatoms. The number of carbonyl (C=O) groups excluding carboxylic acids is 1. The van der Waals surface area contributed by atoms with E-state index in [4.69, 9.17) is 10.00 Å². The maximum atomic E-state index is 13.0. The standard InChI is InChI=1S/C17H14F2N2O3/c18-15-6-5-13(7-16(15)19)24-10-12(22)9-21-17(23)14-4-2-1-3-11(14)8-20/h1-7,12,22H,9-10H2,(H,21,23). The third-order valence-corrected chi connectivity index (χ3v) is 3.12. The summed E-state index contributed by atoms with van der Waals surface area (Å²) >= 11 is 0. The SMILES string of the molecule is N#Cc1ccccc1C(=O)NCC(O)COc1ccc(F)c(F)c1. The molecule has 0 fully saturated rings. The third-order valence-electron chi connectivity index (χ3n) is 3.12. The fourth-order valence-electron chi connectivity index (χ4n) is 1.90. The molecule has 0 bridgehead atoms. The van der Waals surface area contributed by atoms with Crippen molar-refractivity contribution >= 4 is 5.91 Å². The first-order chi connectivity index (χ1) is 11.5. The van der Waals surface area contributed by atoms with Gasteiger partial charge in [0.1, 0.15) is 18.5 Å². The zero-order valence-corrected chi connectivity index (χ0v) is 12.5. The van der Waals surface area contributed by atoms with Crippen molar-refractivity contribution in [1.82, 2.24) is 5.32 Å². The van der Waals surface area contributed by atoms with Gasteiger partial charge in [-0.1, -0.05) is 12.1 Å². The fourth-order valence-corrected chi connectivity index (χ4v) is 1.90. The first-order valence-corrected chi connectivity index (χ1v) is 7.04. The molecule has 1 unspecified atom stereocenters. The first-order valence-electron chi connectivity index (χ1n) is 7.04. The Morgan fingerprint density at radius 1 is 1.25 bits per heavy atom. The quantitative estimate of drug-likeness (QED) is 0.848. The molecule has 0 aliphatic carbocycles. The summed E-state index contributed by atoms with van der Waals surface area (Å²) in [4.78, 5) is 12.0. The molecule has 2 N–H and O–H groups in total. The van der Waals surface area contributed by atoms with Gasteiger partial charge in [-0.25, -0.2) is 8.78 Å². The van der Waals surface area contributed by atoms with E-state index < -0.39 is 23.6 Å². The van der Waals surface area contributed by atoms with E-state index in [1.807, 2.05) is 6.07 Å². The van der Waals surface area contributed by atoms with Gasteiger partial charge in [-0.2, -0.15) is 5.26 Å². The molecule has 0 aliphatic rings. The molecular weight excluding hydrogens is 318 g/mol. The largest absolute Gasteiger partial charge is 0.491 e. The van der Waals surface area contributed by atoms with Crippen LogP contribution in [0.3, 0.4) is 0 Å². The Morgan fingerprint density at radius 2 is 2.00 bits per heavy atom. The number of amides is 1. The monoisotopic (exact) mass is 332 g/mol. The van der Waals surface area contributed by atoms with Crippen LogP contribution >= 0.6 is 0 Å². The van der Waals surface area contributed by atoms with E-state index in [-0.39, 0.29) is 30.0 Å². The summed E-state index contributed by atoms with van der Waals surface area (Å²) in [5, 5.41) is 21.2. The molecule has 0 saturated heterocycles. The number of rotatable bonds is 6. The number of hydrogen-bond acceptors (Lipinski definition) is 4. The van der Waals surface area contributed by atoms with E-state index in [1.54, 1.807) is 12.1 Å². The number of nitrogens with zero attached hydrogens (tertiary/aromatic N) is 1. The van der Waals surface area contributed by atoms with Gasteiger partial charge >= 0.3 is 0 Å². The van der Waals surface area contributed by atoms with Crippen molar-refractivity contribution in [3.63, 3.8) is 0 Å².